The molecule has 3 N–H and O–H groups in total. The van der Waals surface area contributed by atoms with Crippen molar-refractivity contribution in [3.63, 3.8) is 0 Å². The van der Waals surface area contributed by atoms with Crippen molar-refractivity contribution in [2.75, 3.05) is 24.6 Å². The Balaban J connectivity index is 1.59. The summed E-state index contributed by atoms with van der Waals surface area (Å²) in [5.74, 6) is -2.47. The van der Waals surface area contributed by atoms with Gasteiger partial charge in [-0.2, -0.15) is 5.10 Å². The molecule has 2 atom stereocenters. The van der Waals surface area contributed by atoms with Crippen molar-refractivity contribution >= 4 is 57.5 Å². The SMILES string of the molecule is CCOC(=O)c1sc(N2CC[C@@H](NC(=O)c3[nH]c(C)c(Cl)c3Cl)[C@@H](n3cncn3)C2)nc1C(=O)O. The fourth-order valence-electron chi connectivity index (χ4n) is 3.82. The molecule has 0 radical (unpaired) electrons. The van der Waals surface area contributed by atoms with Crippen molar-refractivity contribution in [3.8, 4) is 0 Å². The molecule has 1 saturated heterocycles. The first kappa shape index (κ1) is 24.9. The van der Waals surface area contributed by atoms with Gasteiger partial charge in [-0.1, -0.05) is 34.5 Å². The largest absolute Gasteiger partial charge is 0.476 e. The zero-order valence-electron chi connectivity index (χ0n) is 18.6. The molecule has 35 heavy (non-hydrogen) atoms. The fourth-order valence-corrected chi connectivity index (χ4v) is 5.23. The second kappa shape index (κ2) is 10.2. The molecule has 12 nitrogen and oxygen atoms in total. The van der Waals surface area contributed by atoms with Crippen LogP contribution in [0.4, 0.5) is 5.13 Å². The third-order valence-corrected chi connectivity index (χ3v) is 7.55. The lowest BCUT2D eigenvalue weighted by atomic mass is 9.99. The Morgan fingerprint density at radius 3 is 2.71 bits per heavy atom. The van der Waals surface area contributed by atoms with Crippen molar-refractivity contribution < 1.29 is 24.2 Å². The lowest BCUT2D eigenvalue weighted by molar-refractivity contribution is 0.0519. The molecule has 0 saturated carbocycles. The maximum Gasteiger partial charge on any atom is 0.356 e. The molecular formula is C20H21Cl2N7O5S. The third-order valence-electron chi connectivity index (χ3n) is 5.51. The van der Waals surface area contributed by atoms with Gasteiger partial charge < -0.3 is 25.0 Å². The molecule has 1 aliphatic heterocycles. The fraction of sp³-hybridized carbons (Fsp3) is 0.400. The molecule has 3 aromatic rings. The summed E-state index contributed by atoms with van der Waals surface area (Å²) < 4.78 is 6.59. The summed E-state index contributed by atoms with van der Waals surface area (Å²) >= 11 is 13.3. The van der Waals surface area contributed by atoms with Gasteiger partial charge in [0, 0.05) is 18.8 Å². The number of rotatable bonds is 7. The summed E-state index contributed by atoms with van der Waals surface area (Å²) in [7, 11) is 0. The number of carbonyl (C=O) groups is 3. The number of hydrogen-bond donors (Lipinski definition) is 3. The zero-order chi connectivity index (χ0) is 25.3. The quantitative estimate of drug-likeness (QED) is 0.382. The molecule has 4 heterocycles. The van der Waals surface area contributed by atoms with Crippen molar-refractivity contribution in [1.82, 2.24) is 30.0 Å². The molecule has 4 rings (SSSR count). The van der Waals surface area contributed by atoms with Crippen LogP contribution in [0, 0.1) is 6.92 Å². The minimum atomic E-state index is -1.32. The van der Waals surface area contributed by atoms with Gasteiger partial charge in [-0.25, -0.2) is 24.2 Å². The van der Waals surface area contributed by atoms with Crippen LogP contribution in [-0.2, 0) is 4.74 Å². The van der Waals surface area contributed by atoms with Gasteiger partial charge in [0.1, 0.15) is 23.2 Å². The predicted octanol–water partition coefficient (Wildman–Crippen LogP) is 2.80. The van der Waals surface area contributed by atoms with Gasteiger partial charge in [0.05, 0.1) is 28.7 Å². The van der Waals surface area contributed by atoms with Gasteiger partial charge in [0.15, 0.2) is 10.8 Å². The number of anilines is 1. The highest BCUT2D eigenvalue weighted by Gasteiger charge is 2.36. The summed E-state index contributed by atoms with van der Waals surface area (Å²) in [6.45, 7) is 4.22. The normalized spacial score (nSPS) is 17.9. The van der Waals surface area contributed by atoms with E-state index in [1.807, 2.05) is 4.90 Å². The Labute approximate surface area is 213 Å². The number of nitrogens with zero attached hydrogens (tertiary/aromatic N) is 5. The number of esters is 1. The van der Waals surface area contributed by atoms with Crippen LogP contribution in [0.15, 0.2) is 12.7 Å². The maximum atomic E-state index is 13.0. The van der Waals surface area contributed by atoms with E-state index in [0.29, 0.717) is 30.3 Å². The van der Waals surface area contributed by atoms with Crippen LogP contribution in [0.5, 0.6) is 0 Å². The van der Waals surface area contributed by atoms with Gasteiger partial charge in [0.25, 0.3) is 5.91 Å². The molecule has 0 bridgehead atoms. The molecule has 1 amide bonds. The molecule has 0 unspecified atom stereocenters. The van der Waals surface area contributed by atoms with Gasteiger partial charge >= 0.3 is 11.9 Å². The summed E-state index contributed by atoms with van der Waals surface area (Å²) in [4.78, 5) is 49.7. The summed E-state index contributed by atoms with van der Waals surface area (Å²) in [5, 5.41) is 17.5. The number of ether oxygens (including phenoxy) is 1. The highest BCUT2D eigenvalue weighted by atomic mass is 35.5. The average Bonchev–Trinajstić information content (AvgIpc) is 3.56. The number of carboxylic acid groups (broad SMARTS) is 1. The van der Waals surface area contributed by atoms with Gasteiger partial charge in [0.2, 0.25) is 0 Å². The van der Waals surface area contributed by atoms with E-state index in [2.05, 4.69) is 25.4 Å². The van der Waals surface area contributed by atoms with Crippen LogP contribution >= 0.6 is 34.5 Å². The third kappa shape index (κ3) is 4.97. The van der Waals surface area contributed by atoms with Crippen LogP contribution in [-0.4, -0.2) is 73.4 Å². The van der Waals surface area contributed by atoms with Crippen LogP contribution in [0.2, 0.25) is 10.0 Å². The molecular weight excluding hydrogens is 521 g/mol. The van der Waals surface area contributed by atoms with Gasteiger partial charge in [-0.15, -0.1) is 0 Å². The number of aromatic nitrogens is 5. The Hall–Kier alpha value is -3.16. The number of nitrogens with one attached hydrogen (secondary N) is 2. The second-order valence-electron chi connectivity index (χ2n) is 7.71. The van der Waals surface area contributed by atoms with E-state index in [-0.39, 0.29) is 45.0 Å². The van der Waals surface area contributed by atoms with Gasteiger partial charge in [-0.05, 0) is 20.3 Å². The lowest BCUT2D eigenvalue weighted by Crippen LogP contribution is -2.52. The Morgan fingerprint density at radius 1 is 1.34 bits per heavy atom. The number of hydrogen-bond acceptors (Lipinski definition) is 9. The second-order valence-corrected chi connectivity index (χ2v) is 9.44. The van der Waals surface area contributed by atoms with Crippen molar-refractivity contribution in [3.05, 3.63) is 44.7 Å². The number of aromatic carboxylic acids is 1. The highest BCUT2D eigenvalue weighted by molar-refractivity contribution is 7.17. The van der Waals surface area contributed by atoms with Crippen LogP contribution in [0.3, 0.4) is 0 Å². The van der Waals surface area contributed by atoms with E-state index >= 15 is 0 Å². The standard InChI is InChI=1S/C20H21Cl2N7O5S/c1-3-34-19(33)16-15(18(31)32)27-20(35-16)28-5-4-10(11(6-28)29-8-23-7-24-29)26-17(30)14-13(22)12(21)9(2)25-14/h7-8,10-11,25H,3-6H2,1-2H3,(H,26,30)(H,31,32)/t10-,11+/m1/s1. The molecule has 0 aromatic carbocycles. The topological polar surface area (TPSA) is 155 Å². The Kier molecular flexibility index (Phi) is 7.28. The van der Waals surface area contributed by atoms with E-state index in [9.17, 15) is 19.5 Å². The minimum absolute atomic E-state index is 0.0734. The highest BCUT2D eigenvalue weighted by Crippen LogP contribution is 2.33. The van der Waals surface area contributed by atoms with E-state index in [4.69, 9.17) is 27.9 Å². The monoisotopic (exact) mass is 541 g/mol. The summed E-state index contributed by atoms with van der Waals surface area (Å²) in [6, 6.07) is -0.731. The predicted molar refractivity (Wildman–Crippen MR) is 128 cm³/mol. The molecule has 1 aliphatic rings. The molecule has 186 valence electrons. The van der Waals surface area contributed by atoms with Crippen molar-refractivity contribution in [2.45, 2.75) is 32.4 Å². The summed E-state index contributed by atoms with van der Waals surface area (Å²) in [6.07, 6.45) is 3.39. The Bertz CT molecular complexity index is 1260. The Morgan fingerprint density at radius 2 is 2.11 bits per heavy atom. The smallest absolute Gasteiger partial charge is 0.356 e. The zero-order valence-corrected chi connectivity index (χ0v) is 20.9. The molecule has 0 spiro atoms. The average molecular weight is 542 g/mol. The van der Waals surface area contributed by atoms with Crippen LogP contribution in [0.1, 0.15) is 55.7 Å². The molecule has 3 aromatic heterocycles. The van der Waals surface area contributed by atoms with E-state index in [1.54, 1.807) is 18.5 Å². The number of thiazole rings is 1. The molecule has 0 aliphatic carbocycles. The molecule has 1 fully saturated rings. The van der Waals surface area contributed by atoms with Crippen LogP contribution in [0.25, 0.3) is 0 Å². The lowest BCUT2D eigenvalue weighted by Gasteiger charge is -2.38. The first-order valence-electron chi connectivity index (χ1n) is 10.6. The number of piperidine rings is 1. The van der Waals surface area contributed by atoms with Crippen LogP contribution < -0.4 is 10.2 Å². The number of halogens is 2. The number of amides is 1. The minimum Gasteiger partial charge on any atom is -0.476 e. The molecule has 15 heteroatoms. The van der Waals surface area contributed by atoms with E-state index in [1.165, 1.54) is 12.7 Å². The number of aromatic amines is 1. The van der Waals surface area contributed by atoms with E-state index in [0.717, 1.165) is 11.3 Å². The number of carbonyl (C=O) groups excluding carboxylic acids is 2. The van der Waals surface area contributed by atoms with Crippen molar-refractivity contribution in [1.29, 1.82) is 0 Å². The van der Waals surface area contributed by atoms with Crippen molar-refractivity contribution in [2.24, 2.45) is 0 Å². The van der Waals surface area contributed by atoms with E-state index < -0.39 is 17.8 Å². The van der Waals surface area contributed by atoms with Gasteiger partial charge in [-0.3, -0.25) is 4.79 Å². The first-order valence-corrected chi connectivity index (χ1v) is 12.1. The number of H-pyrrole nitrogens is 1. The summed E-state index contributed by atoms with van der Waals surface area (Å²) in [5.41, 5.74) is 0.392. The maximum absolute atomic E-state index is 13.0. The first-order chi connectivity index (χ1) is 16.7. The number of aryl methyl sites for hydroxylation is 1. The number of carboxylic acids is 1.